The zero-order chi connectivity index (χ0) is 22.6. The van der Waals surface area contributed by atoms with Gasteiger partial charge in [-0.05, 0) is 67.5 Å². The Kier molecular flexibility index (Phi) is 10.1. The summed E-state index contributed by atoms with van der Waals surface area (Å²) in [4.78, 5) is 0. The summed E-state index contributed by atoms with van der Waals surface area (Å²) < 4.78 is 23.5. The molecule has 0 aliphatic carbocycles. The molecule has 0 amide bonds. The predicted molar refractivity (Wildman–Crippen MR) is 128 cm³/mol. The summed E-state index contributed by atoms with van der Waals surface area (Å²) >= 11 is 0. The highest BCUT2D eigenvalue weighted by atomic mass is 16.5. The third-order valence-electron chi connectivity index (χ3n) is 4.58. The highest BCUT2D eigenvalue weighted by Crippen LogP contribution is 2.37. The van der Waals surface area contributed by atoms with Gasteiger partial charge in [-0.3, -0.25) is 0 Å². The van der Waals surface area contributed by atoms with E-state index in [4.69, 9.17) is 30.4 Å². The van der Waals surface area contributed by atoms with E-state index in [9.17, 15) is 0 Å². The standard InChI is InChI=1S/C25H38N2O4/c1-5-9-28-20-14-18(15-21(24(20)26)29-10-6-2)13-19-16-22(30-11-7-3)25(27)23(17-19)31-12-8-4/h14-17H,5-13,26-27H2,1-4H3. The van der Waals surface area contributed by atoms with Crippen molar-refractivity contribution in [1.82, 2.24) is 0 Å². The predicted octanol–water partition coefficient (Wildman–Crippen LogP) is 5.60. The second kappa shape index (κ2) is 12.8. The molecule has 0 bridgehead atoms. The second-order valence-electron chi connectivity index (χ2n) is 7.58. The van der Waals surface area contributed by atoms with E-state index in [0.717, 1.165) is 36.8 Å². The first-order chi connectivity index (χ1) is 15.0. The van der Waals surface area contributed by atoms with Gasteiger partial charge in [0.05, 0.1) is 26.4 Å². The molecule has 0 unspecified atom stereocenters. The second-order valence-corrected chi connectivity index (χ2v) is 7.58. The van der Waals surface area contributed by atoms with Gasteiger partial charge >= 0.3 is 0 Å². The highest BCUT2D eigenvalue weighted by molar-refractivity contribution is 5.66. The fourth-order valence-corrected chi connectivity index (χ4v) is 3.08. The molecule has 0 saturated carbocycles. The van der Waals surface area contributed by atoms with Crippen LogP contribution in [0.2, 0.25) is 0 Å². The Hall–Kier alpha value is -2.76. The number of anilines is 2. The number of hydrogen-bond donors (Lipinski definition) is 2. The summed E-state index contributed by atoms with van der Waals surface area (Å²) in [7, 11) is 0. The van der Waals surface area contributed by atoms with Crippen molar-refractivity contribution in [3.63, 3.8) is 0 Å². The van der Waals surface area contributed by atoms with Crippen LogP contribution in [0.3, 0.4) is 0 Å². The molecule has 2 aromatic carbocycles. The molecule has 172 valence electrons. The Labute approximate surface area is 186 Å². The van der Waals surface area contributed by atoms with Crippen LogP contribution >= 0.6 is 0 Å². The molecule has 0 heterocycles. The largest absolute Gasteiger partial charge is 0.491 e. The van der Waals surface area contributed by atoms with Crippen LogP contribution in [0.4, 0.5) is 11.4 Å². The summed E-state index contributed by atoms with van der Waals surface area (Å²) in [6.07, 6.45) is 4.27. The SMILES string of the molecule is CCCOc1cc(Cc2cc(OCCC)c(N)c(OCCC)c2)cc(OCCC)c1N. The summed E-state index contributed by atoms with van der Waals surface area (Å²) in [5, 5.41) is 0. The van der Waals surface area contributed by atoms with Gasteiger partial charge in [-0.1, -0.05) is 27.7 Å². The first kappa shape index (κ1) is 24.5. The minimum atomic E-state index is 0.543. The van der Waals surface area contributed by atoms with E-state index in [1.165, 1.54) is 0 Å². The highest BCUT2D eigenvalue weighted by Gasteiger charge is 2.15. The molecule has 0 aliphatic heterocycles. The number of nitrogen functional groups attached to an aromatic ring is 2. The Balaban J connectivity index is 2.39. The van der Waals surface area contributed by atoms with Crippen molar-refractivity contribution in [2.45, 2.75) is 59.8 Å². The molecule has 0 radical (unpaired) electrons. The van der Waals surface area contributed by atoms with Crippen LogP contribution in [0.5, 0.6) is 23.0 Å². The van der Waals surface area contributed by atoms with Crippen LogP contribution in [0, 0.1) is 0 Å². The maximum atomic E-state index is 6.30. The number of nitrogens with two attached hydrogens (primary N) is 2. The molecular weight excluding hydrogens is 392 g/mol. The molecule has 2 aromatic rings. The lowest BCUT2D eigenvalue weighted by Gasteiger charge is -2.17. The normalized spacial score (nSPS) is 10.7. The summed E-state index contributed by atoms with van der Waals surface area (Å²) in [6, 6.07) is 7.94. The number of rotatable bonds is 14. The van der Waals surface area contributed by atoms with Crippen molar-refractivity contribution in [3.05, 3.63) is 35.4 Å². The maximum absolute atomic E-state index is 6.30. The Bertz CT molecular complexity index is 698. The van der Waals surface area contributed by atoms with Gasteiger partial charge in [0.1, 0.15) is 34.4 Å². The molecule has 2 rings (SSSR count). The molecule has 0 spiro atoms. The lowest BCUT2D eigenvalue weighted by Crippen LogP contribution is -2.06. The molecule has 6 heteroatoms. The molecule has 0 aromatic heterocycles. The monoisotopic (exact) mass is 430 g/mol. The fourth-order valence-electron chi connectivity index (χ4n) is 3.08. The summed E-state index contributed by atoms with van der Waals surface area (Å²) in [5.41, 5.74) is 15.8. The quantitative estimate of drug-likeness (QED) is 0.379. The molecule has 0 fully saturated rings. The Morgan fingerprint density at radius 1 is 0.516 bits per heavy atom. The number of ether oxygens (including phenoxy) is 4. The first-order valence-corrected chi connectivity index (χ1v) is 11.4. The van der Waals surface area contributed by atoms with Gasteiger partial charge in [0.2, 0.25) is 0 Å². The van der Waals surface area contributed by atoms with Crippen molar-refractivity contribution < 1.29 is 18.9 Å². The van der Waals surface area contributed by atoms with Crippen LogP contribution in [-0.2, 0) is 6.42 Å². The zero-order valence-corrected chi connectivity index (χ0v) is 19.5. The van der Waals surface area contributed by atoms with Gasteiger partial charge in [-0.25, -0.2) is 0 Å². The third-order valence-corrected chi connectivity index (χ3v) is 4.58. The van der Waals surface area contributed by atoms with Crippen LogP contribution in [-0.4, -0.2) is 26.4 Å². The van der Waals surface area contributed by atoms with Crippen molar-refractivity contribution in [2.24, 2.45) is 0 Å². The van der Waals surface area contributed by atoms with E-state index in [0.29, 0.717) is 67.2 Å². The minimum absolute atomic E-state index is 0.543. The zero-order valence-electron chi connectivity index (χ0n) is 19.5. The molecular formula is C25H38N2O4. The molecule has 0 atom stereocenters. The topological polar surface area (TPSA) is 89.0 Å². The molecule has 6 nitrogen and oxygen atoms in total. The molecule has 31 heavy (non-hydrogen) atoms. The molecule has 0 saturated heterocycles. The van der Waals surface area contributed by atoms with Crippen LogP contribution in [0.15, 0.2) is 24.3 Å². The molecule has 0 aliphatic rings. The first-order valence-electron chi connectivity index (χ1n) is 11.4. The maximum Gasteiger partial charge on any atom is 0.146 e. The summed E-state index contributed by atoms with van der Waals surface area (Å²) in [5.74, 6) is 2.63. The van der Waals surface area contributed by atoms with Crippen molar-refractivity contribution in [2.75, 3.05) is 37.9 Å². The van der Waals surface area contributed by atoms with Gasteiger partial charge in [0.25, 0.3) is 0 Å². The van der Waals surface area contributed by atoms with Gasteiger partial charge in [0, 0.05) is 0 Å². The van der Waals surface area contributed by atoms with Gasteiger partial charge < -0.3 is 30.4 Å². The van der Waals surface area contributed by atoms with E-state index in [1.54, 1.807) is 0 Å². The lowest BCUT2D eigenvalue weighted by molar-refractivity contribution is 0.304. The smallest absolute Gasteiger partial charge is 0.146 e. The Morgan fingerprint density at radius 2 is 0.774 bits per heavy atom. The van der Waals surface area contributed by atoms with E-state index >= 15 is 0 Å². The lowest BCUT2D eigenvalue weighted by atomic mass is 10.0. The summed E-state index contributed by atoms with van der Waals surface area (Å²) in [6.45, 7) is 10.7. The number of hydrogen-bond acceptors (Lipinski definition) is 6. The fraction of sp³-hybridized carbons (Fsp3) is 0.520. The van der Waals surface area contributed by atoms with Gasteiger partial charge in [-0.15, -0.1) is 0 Å². The van der Waals surface area contributed by atoms with Crippen molar-refractivity contribution >= 4 is 11.4 Å². The Morgan fingerprint density at radius 3 is 1.00 bits per heavy atom. The third kappa shape index (κ3) is 7.16. The van der Waals surface area contributed by atoms with Crippen molar-refractivity contribution in [3.8, 4) is 23.0 Å². The van der Waals surface area contributed by atoms with E-state index in [1.807, 2.05) is 24.3 Å². The van der Waals surface area contributed by atoms with E-state index < -0.39 is 0 Å². The number of benzene rings is 2. The minimum Gasteiger partial charge on any atom is -0.491 e. The van der Waals surface area contributed by atoms with E-state index in [2.05, 4.69) is 27.7 Å². The van der Waals surface area contributed by atoms with Crippen LogP contribution < -0.4 is 30.4 Å². The molecule has 4 N–H and O–H groups in total. The van der Waals surface area contributed by atoms with Crippen molar-refractivity contribution in [1.29, 1.82) is 0 Å². The average Bonchev–Trinajstić information content (AvgIpc) is 2.77. The van der Waals surface area contributed by atoms with Gasteiger partial charge in [-0.2, -0.15) is 0 Å². The van der Waals surface area contributed by atoms with Crippen LogP contribution in [0.1, 0.15) is 64.5 Å². The van der Waals surface area contributed by atoms with E-state index in [-0.39, 0.29) is 0 Å². The van der Waals surface area contributed by atoms with Crippen LogP contribution in [0.25, 0.3) is 0 Å². The van der Waals surface area contributed by atoms with Gasteiger partial charge in [0.15, 0.2) is 0 Å². The average molecular weight is 431 g/mol.